The molecule has 0 bridgehead atoms. The van der Waals surface area contributed by atoms with Crippen LogP contribution in [0.25, 0.3) is 0 Å². The second kappa shape index (κ2) is 10.3. The molecule has 2 aliphatic rings. The van der Waals surface area contributed by atoms with E-state index in [9.17, 15) is 9.59 Å². The van der Waals surface area contributed by atoms with Gasteiger partial charge in [-0.2, -0.15) is 0 Å². The van der Waals surface area contributed by atoms with Crippen LogP contribution in [-0.2, 0) is 25.4 Å². The molecule has 33 heavy (non-hydrogen) atoms. The van der Waals surface area contributed by atoms with Gasteiger partial charge < -0.3 is 14.2 Å². The second-order valence-corrected chi connectivity index (χ2v) is 10.5. The summed E-state index contributed by atoms with van der Waals surface area (Å²) in [5.74, 6) is -0.228. The third kappa shape index (κ3) is 6.38. The van der Waals surface area contributed by atoms with Crippen LogP contribution < -0.4 is 0 Å². The maximum Gasteiger partial charge on any atom is 0.412 e. The number of hydrogen-bond donors (Lipinski definition) is 0. The molecule has 1 aromatic carbocycles. The zero-order valence-electron chi connectivity index (χ0n) is 20.9. The van der Waals surface area contributed by atoms with Crippen LogP contribution in [0.3, 0.4) is 0 Å². The van der Waals surface area contributed by atoms with Crippen LogP contribution in [0.5, 0.6) is 0 Å². The van der Waals surface area contributed by atoms with Crippen molar-refractivity contribution in [1.29, 1.82) is 0 Å². The molecule has 182 valence electrons. The Morgan fingerprint density at radius 3 is 2.42 bits per heavy atom. The molecule has 2 unspecified atom stereocenters. The molecule has 6 heteroatoms. The Bertz CT molecular complexity index is 842. The monoisotopic (exact) mass is 457 g/mol. The van der Waals surface area contributed by atoms with E-state index < -0.39 is 11.3 Å². The van der Waals surface area contributed by atoms with Crippen molar-refractivity contribution in [2.45, 2.75) is 90.7 Å². The first-order valence-electron chi connectivity index (χ1n) is 12.1. The Morgan fingerprint density at radius 2 is 1.79 bits per heavy atom. The number of benzene rings is 1. The zero-order chi connectivity index (χ0) is 24.2. The summed E-state index contributed by atoms with van der Waals surface area (Å²) in [6.45, 7) is 11.7. The molecule has 1 aliphatic carbocycles. The molecule has 6 nitrogen and oxygen atoms in total. The summed E-state index contributed by atoms with van der Waals surface area (Å²) >= 11 is 0. The first kappa shape index (κ1) is 25.3. The SMILES string of the molecule is CCOC(=O)C1CC=CCC1C[C@H]1OC(C)(C)N(C(=O)OC(C)(C)C)[C@H]1Cc1ccccc1. The van der Waals surface area contributed by atoms with Crippen LogP contribution in [0.1, 0.15) is 66.4 Å². The molecule has 1 fully saturated rings. The molecule has 0 aromatic heterocycles. The summed E-state index contributed by atoms with van der Waals surface area (Å²) in [5.41, 5.74) is -0.296. The molecule has 0 N–H and O–H groups in total. The maximum absolute atomic E-state index is 13.3. The van der Waals surface area contributed by atoms with Gasteiger partial charge >= 0.3 is 12.1 Å². The highest BCUT2D eigenvalue weighted by Gasteiger charge is 2.52. The van der Waals surface area contributed by atoms with Crippen molar-refractivity contribution in [2.75, 3.05) is 6.61 Å². The van der Waals surface area contributed by atoms with E-state index in [0.717, 1.165) is 12.0 Å². The van der Waals surface area contributed by atoms with E-state index in [4.69, 9.17) is 14.2 Å². The topological polar surface area (TPSA) is 65.1 Å². The molecule has 0 spiro atoms. The van der Waals surface area contributed by atoms with Gasteiger partial charge in [0, 0.05) is 0 Å². The number of nitrogens with zero attached hydrogens (tertiary/aromatic N) is 1. The Kier molecular flexibility index (Phi) is 7.88. The molecule has 4 atom stereocenters. The summed E-state index contributed by atoms with van der Waals surface area (Å²) in [6, 6.07) is 9.93. The predicted octanol–water partition coefficient (Wildman–Crippen LogP) is 5.51. The van der Waals surface area contributed by atoms with E-state index in [-0.39, 0.29) is 36.0 Å². The van der Waals surface area contributed by atoms with Gasteiger partial charge in [-0.1, -0.05) is 42.5 Å². The van der Waals surface area contributed by atoms with E-state index in [2.05, 4.69) is 24.3 Å². The highest BCUT2D eigenvalue weighted by molar-refractivity contribution is 5.73. The van der Waals surface area contributed by atoms with E-state index in [0.29, 0.717) is 25.9 Å². The molecule has 1 heterocycles. The minimum atomic E-state index is -0.823. The van der Waals surface area contributed by atoms with Crippen molar-refractivity contribution >= 4 is 12.1 Å². The van der Waals surface area contributed by atoms with Crippen molar-refractivity contribution in [3.05, 3.63) is 48.0 Å². The number of esters is 1. The lowest BCUT2D eigenvalue weighted by Crippen LogP contribution is -2.51. The zero-order valence-corrected chi connectivity index (χ0v) is 20.9. The fraction of sp³-hybridized carbons (Fsp3) is 0.630. The molecule has 1 amide bonds. The summed E-state index contributed by atoms with van der Waals surface area (Å²) in [7, 11) is 0. The third-order valence-corrected chi connectivity index (χ3v) is 6.35. The van der Waals surface area contributed by atoms with Crippen molar-refractivity contribution in [3.8, 4) is 0 Å². The number of rotatable bonds is 6. The molecular weight excluding hydrogens is 418 g/mol. The van der Waals surface area contributed by atoms with Crippen molar-refractivity contribution in [2.24, 2.45) is 11.8 Å². The van der Waals surface area contributed by atoms with Crippen molar-refractivity contribution in [3.63, 3.8) is 0 Å². The molecule has 1 aromatic rings. The highest BCUT2D eigenvalue weighted by Crippen LogP contribution is 2.41. The minimum Gasteiger partial charge on any atom is -0.466 e. The Hall–Kier alpha value is -2.34. The number of carbonyl (C=O) groups excluding carboxylic acids is 2. The number of hydrogen-bond acceptors (Lipinski definition) is 5. The van der Waals surface area contributed by atoms with Crippen LogP contribution in [0.4, 0.5) is 4.79 Å². The van der Waals surface area contributed by atoms with Gasteiger partial charge in [-0.25, -0.2) is 4.79 Å². The van der Waals surface area contributed by atoms with E-state index in [1.165, 1.54) is 0 Å². The minimum absolute atomic E-state index is 0.103. The number of ether oxygens (including phenoxy) is 3. The summed E-state index contributed by atoms with van der Waals surface area (Å²) in [6.07, 6.45) is 6.41. The Morgan fingerprint density at radius 1 is 1.12 bits per heavy atom. The van der Waals surface area contributed by atoms with Gasteiger partial charge in [-0.15, -0.1) is 0 Å². The van der Waals surface area contributed by atoms with Gasteiger partial charge in [-0.3, -0.25) is 9.69 Å². The second-order valence-electron chi connectivity index (χ2n) is 10.5. The van der Waals surface area contributed by atoms with Gasteiger partial charge in [0.1, 0.15) is 11.3 Å². The maximum atomic E-state index is 13.3. The first-order valence-corrected chi connectivity index (χ1v) is 12.1. The summed E-state index contributed by atoms with van der Waals surface area (Å²) < 4.78 is 17.7. The lowest BCUT2D eigenvalue weighted by Gasteiger charge is -2.35. The first-order chi connectivity index (χ1) is 15.5. The van der Waals surface area contributed by atoms with Gasteiger partial charge in [0.2, 0.25) is 0 Å². The molecular formula is C27H39NO5. The van der Waals surface area contributed by atoms with Crippen LogP contribution >= 0.6 is 0 Å². The summed E-state index contributed by atoms with van der Waals surface area (Å²) in [5, 5.41) is 0. The van der Waals surface area contributed by atoms with Crippen LogP contribution in [-0.4, -0.2) is 47.0 Å². The molecule has 0 saturated carbocycles. The summed E-state index contributed by atoms with van der Waals surface area (Å²) in [4.78, 5) is 27.7. The van der Waals surface area contributed by atoms with E-state index in [1.807, 2.05) is 59.7 Å². The van der Waals surface area contributed by atoms with Gasteiger partial charge in [0.05, 0.1) is 24.7 Å². The van der Waals surface area contributed by atoms with Crippen molar-refractivity contribution in [1.82, 2.24) is 4.90 Å². The highest BCUT2D eigenvalue weighted by atomic mass is 16.6. The largest absolute Gasteiger partial charge is 0.466 e. The van der Waals surface area contributed by atoms with E-state index in [1.54, 1.807) is 4.90 Å². The van der Waals surface area contributed by atoms with Crippen LogP contribution in [0.15, 0.2) is 42.5 Å². The van der Waals surface area contributed by atoms with Gasteiger partial charge in [0.15, 0.2) is 0 Å². The van der Waals surface area contributed by atoms with Crippen LogP contribution in [0, 0.1) is 11.8 Å². The molecule has 3 rings (SSSR count). The average molecular weight is 458 g/mol. The Labute approximate surface area is 198 Å². The molecule has 1 saturated heterocycles. The van der Waals surface area contributed by atoms with Gasteiger partial charge in [-0.05, 0) is 78.7 Å². The third-order valence-electron chi connectivity index (χ3n) is 6.35. The number of allylic oxidation sites excluding steroid dienone is 2. The van der Waals surface area contributed by atoms with Gasteiger partial charge in [0.25, 0.3) is 0 Å². The van der Waals surface area contributed by atoms with Crippen molar-refractivity contribution < 1.29 is 23.8 Å². The average Bonchev–Trinajstić information content (AvgIpc) is 2.97. The fourth-order valence-electron chi connectivity index (χ4n) is 4.99. The fourth-order valence-corrected chi connectivity index (χ4v) is 4.99. The lowest BCUT2D eigenvalue weighted by atomic mass is 9.78. The normalized spacial score (nSPS) is 26.8. The molecule has 1 aliphatic heterocycles. The molecule has 0 radical (unpaired) electrons. The smallest absolute Gasteiger partial charge is 0.412 e. The van der Waals surface area contributed by atoms with Crippen LogP contribution in [0.2, 0.25) is 0 Å². The number of carbonyl (C=O) groups is 2. The predicted molar refractivity (Wildman–Crippen MR) is 128 cm³/mol. The lowest BCUT2D eigenvalue weighted by molar-refractivity contribution is -0.150. The quantitative estimate of drug-likeness (QED) is 0.417. The number of amides is 1. The van der Waals surface area contributed by atoms with E-state index >= 15 is 0 Å². The standard InChI is InChI=1S/C27H39NO5/c1-7-31-24(29)21-16-12-11-15-20(21)18-23-22(17-19-13-9-8-10-14-19)28(27(5,6)32-23)25(30)33-26(2,3)4/h8-14,20-23H,7,15-18H2,1-6H3/t20?,21?,22-,23+/m0/s1. The Balaban J connectivity index is 1.89.